The van der Waals surface area contributed by atoms with Gasteiger partial charge < -0.3 is 10.5 Å². The Hall–Kier alpha value is -1.24. The summed E-state index contributed by atoms with van der Waals surface area (Å²) >= 11 is 1.61. The molecule has 0 saturated carbocycles. The molecule has 2 unspecified atom stereocenters. The topological polar surface area (TPSA) is 64.3 Å². The average Bonchev–Trinajstić information content (AvgIpc) is 2.88. The minimum atomic E-state index is 0.264. The smallest absolute Gasteiger partial charge is 0.146 e. The third-order valence-electron chi connectivity index (χ3n) is 3.80. The maximum absolute atomic E-state index is 6.01. The molecular formula is C14H20N4OS. The number of thiophene rings is 1. The Morgan fingerprint density at radius 2 is 2.35 bits per heavy atom. The minimum Gasteiger partial charge on any atom is -0.383 e. The minimum absolute atomic E-state index is 0.264. The van der Waals surface area contributed by atoms with E-state index < -0.39 is 0 Å². The first-order valence-corrected chi connectivity index (χ1v) is 7.90. The number of nitrogen functional groups attached to an aromatic ring is 1. The van der Waals surface area contributed by atoms with Gasteiger partial charge in [-0.05, 0) is 24.8 Å². The predicted octanol–water partition coefficient (Wildman–Crippen LogP) is 2.27. The molecule has 2 atom stereocenters. The fraction of sp³-hybridized carbons (Fsp3) is 0.571. The zero-order chi connectivity index (χ0) is 14.1. The highest BCUT2D eigenvalue weighted by Crippen LogP contribution is 2.24. The Balaban J connectivity index is 1.83. The number of hydrogen-bond acceptors (Lipinski definition) is 6. The number of rotatable bonds is 3. The third kappa shape index (κ3) is 2.63. The molecule has 2 N–H and O–H groups in total. The summed E-state index contributed by atoms with van der Waals surface area (Å²) in [6, 6.07) is 2.42. The highest BCUT2D eigenvalue weighted by molar-refractivity contribution is 7.16. The molecule has 2 aromatic rings. The van der Waals surface area contributed by atoms with Crippen molar-refractivity contribution in [2.45, 2.75) is 39.0 Å². The van der Waals surface area contributed by atoms with Crippen molar-refractivity contribution in [3.05, 3.63) is 17.3 Å². The lowest BCUT2D eigenvalue weighted by Gasteiger charge is -2.37. The Kier molecular flexibility index (Phi) is 3.87. The molecule has 6 heteroatoms. The number of fused-ring (bicyclic) bond motifs is 1. The predicted molar refractivity (Wildman–Crippen MR) is 81.7 cm³/mol. The number of nitrogens with two attached hydrogens (primary N) is 1. The van der Waals surface area contributed by atoms with E-state index in [1.54, 1.807) is 11.3 Å². The number of nitrogens with zero attached hydrogens (tertiary/aromatic N) is 3. The lowest BCUT2D eigenvalue weighted by atomic mass is 10.1. The van der Waals surface area contributed by atoms with Gasteiger partial charge in [0.05, 0.1) is 24.6 Å². The van der Waals surface area contributed by atoms with E-state index in [1.165, 1.54) is 0 Å². The van der Waals surface area contributed by atoms with Crippen molar-refractivity contribution in [1.82, 2.24) is 14.9 Å². The van der Waals surface area contributed by atoms with E-state index in [-0.39, 0.29) is 6.10 Å². The van der Waals surface area contributed by atoms with Crippen LogP contribution in [0.2, 0.25) is 0 Å². The van der Waals surface area contributed by atoms with Gasteiger partial charge in [-0.1, -0.05) is 6.92 Å². The van der Waals surface area contributed by atoms with Gasteiger partial charge in [0.15, 0.2) is 0 Å². The first-order chi connectivity index (χ1) is 9.67. The molecule has 5 nitrogen and oxygen atoms in total. The molecule has 1 aliphatic rings. The summed E-state index contributed by atoms with van der Waals surface area (Å²) in [5, 5.41) is 2.96. The number of aromatic nitrogens is 2. The molecule has 0 spiro atoms. The van der Waals surface area contributed by atoms with Crippen LogP contribution in [-0.4, -0.2) is 40.2 Å². The second-order valence-electron chi connectivity index (χ2n) is 5.30. The molecule has 2 aromatic heterocycles. The van der Waals surface area contributed by atoms with Crippen molar-refractivity contribution in [1.29, 1.82) is 0 Å². The second-order valence-corrected chi connectivity index (χ2v) is 6.19. The second kappa shape index (κ2) is 5.63. The van der Waals surface area contributed by atoms with Crippen LogP contribution < -0.4 is 5.73 Å². The quantitative estimate of drug-likeness (QED) is 0.940. The van der Waals surface area contributed by atoms with Crippen LogP contribution in [0, 0.1) is 0 Å². The van der Waals surface area contributed by atoms with Gasteiger partial charge in [0.25, 0.3) is 0 Å². The summed E-state index contributed by atoms with van der Waals surface area (Å²) in [6.07, 6.45) is 1.34. The Labute approximate surface area is 122 Å². The van der Waals surface area contributed by atoms with Gasteiger partial charge in [-0.15, -0.1) is 11.3 Å². The molecule has 3 rings (SSSR count). The van der Waals surface area contributed by atoms with Gasteiger partial charge in [0.2, 0.25) is 0 Å². The molecule has 3 heterocycles. The molecule has 1 saturated heterocycles. The van der Waals surface area contributed by atoms with Gasteiger partial charge in [0.1, 0.15) is 16.5 Å². The molecule has 108 valence electrons. The molecule has 0 aromatic carbocycles. The van der Waals surface area contributed by atoms with E-state index in [4.69, 9.17) is 10.5 Å². The fourth-order valence-corrected chi connectivity index (χ4v) is 3.45. The normalized spacial score (nSPS) is 24.3. The van der Waals surface area contributed by atoms with Crippen molar-refractivity contribution < 1.29 is 4.74 Å². The SMILES string of the molecule is CCC1COC(C)CN1Cc1nc(N)c2ccsc2n1. The van der Waals surface area contributed by atoms with E-state index in [2.05, 4.69) is 28.7 Å². The van der Waals surface area contributed by atoms with Crippen molar-refractivity contribution in [3.63, 3.8) is 0 Å². The van der Waals surface area contributed by atoms with Crippen LogP contribution in [0.1, 0.15) is 26.1 Å². The van der Waals surface area contributed by atoms with Crippen molar-refractivity contribution in [2.75, 3.05) is 18.9 Å². The molecule has 1 fully saturated rings. The highest BCUT2D eigenvalue weighted by Gasteiger charge is 2.26. The Morgan fingerprint density at radius 3 is 3.15 bits per heavy atom. The summed E-state index contributed by atoms with van der Waals surface area (Å²) in [6.45, 7) is 6.74. The van der Waals surface area contributed by atoms with Gasteiger partial charge >= 0.3 is 0 Å². The molecule has 0 radical (unpaired) electrons. The molecule has 0 amide bonds. The van der Waals surface area contributed by atoms with E-state index >= 15 is 0 Å². The van der Waals surface area contributed by atoms with Crippen LogP contribution in [0.3, 0.4) is 0 Å². The van der Waals surface area contributed by atoms with Crippen LogP contribution in [0.5, 0.6) is 0 Å². The van der Waals surface area contributed by atoms with Crippen molar-refractivity contribution >= 4 is 27.4 Å². The lowest BCUT2D eigenvalue weighted by Crippen LogP contribution is -2.48. The van der Waals surface area contributed by atoms with E-state index in [0.29, 0.717) is 11.9 Å². The summed E-state index contributed by atoms with van der Waals surface area (Å²) in [4.78, 5) is 12.5. The molecule has 0 aliphatic carbocycles. The first kappa shape index (κ1) is 13.7. The first-order valence-electron chi connectivity index (χ1n) is 7.02. The zero-order valence-corrected chi connectivity index (χ0v) is 12.7. The standard InChI is InChI=1S/C14H20N4OS/c1-3-10-8-19-9(2)6-18(10)7-12-16-13(15)11-4-5-20-14(11)17-12/h4-5,9-10H,3,6-8H2,1-2H3,(H2,15,16,17). The molecule has 0 bridgehead atoms. The van der Waals surface area contributed by atoms with E-state index in [9.17, 15) is 0 Å². The maximum atomic E-state index is 6.01. The van der Waals surface area contributed by atoms with Gasteiger partial charge in [0, 0.05) is 12.6 Å². The maximum Gasteiger partial charge on any atom is 0.146 e. The lowest BCUT2D eigenvalue weighted by molar-refractivity contribution is -0.0599. The van der Waals surface area contributed by atoms with Crippen LogP contribution >= 0.6 is 11.3 Å². The fourth-order valence-electron chi connectivity index (χ4n) is 2.66. The Bertz CT molecular complexity index is 600. The molecule has 1 aliphatic heterocycles. The van der Waals surface area contributed by atoms with Crippen molar-refractivity contribution in [2.24, 2.45) is 0 Å². The van der Waals surface area contributed by atoms with E-state index in [0.717, 1.165) is 42.2 Å². The average molecular weight is 292 g/mol. The van der Waals surface area contributed by atoms with Gasteiger partial charge in [-0.3, -0.25) is 4.90 Å². The monoisotopic (exact) mass is 292 g/mol. The van der Waals surface area contributed by atoms with Gasteiger partial charge in [-0.2, -0.15) is 0 Å². The number of anilines is 1. The summed E-state index contributed by atoms with van der Waals surface area (Å²) in [7, 11) is 0. The number of hydrogen-bond donors (Lipinski definition) is 1. The van der Waals surface area contributed by atoms with Crippen LogP contribution in [0.4, 0.5) is 5.82 Å². The Morgan fingerprint density at radius 1 is 1.50 bits per heavy atom. The van der Waals surface area contributed by atoms with Crippen LogP contribution in [-0.2, 0) is 11.3 Å². The van der Waals surface area contributed by atoms with E-state index in [1.807, 2.05) is 11.4 Å². The molecular weight excluding hydrogens is 272 g/mol. The third-order valence-corrected chi connectivity index (χ3v) is 4.60. The summed E-state index contributed by atoms with van der Waals surface area (Å²) in [5.41, 5.74) is 6.01. The largest absolute Gasteiger partial charge is 0.383 e. The van der Waals surface area contributed by atoms with Crippen molar-refractivity contribution in [3.8, 4) is 0 Å². The highest BCUT2D eigenvalue weighted by atomic mass is 32.1. The molecule has 20 heavy (non-hydrogen) atoms. The van der Waals surface area contributed by atoms with Crippen LogP contribution in [0.15, 0.2) is 11.4 Å². The zero-order valence-electron chi connectivity index (χ0n) is 11.9. The summed E-state index contributed by atoms with van der Waals surface area (Å²) < 4.78 is 5.73. The summed E-state index contributed by atoms with van der Waals surface area (Å²) in [5.74, 6) is 1.39. The number of morpholine rings is 1. The van der Waals surface area contributed by atoms with Gasteiger partial charge in [-0.25, -0.2) is 9.97 Å². The van der Waals surface area contributed by atoms with Crippen LogP contribution in [0.25, 0.3) is 10.2 Å². The number of ether oxygens (including phenoxy) is 1.